The summed E-state index contributed by atoms with van der Waals surface area (Å²) >= 11 is 9.87. The van der Waals surface area contributed by atoms with E-state index in [1.54, 1.807) is 29.2 Å². The van der Waals surface area contributed by atoms with Gasteiger partial charge in [0.25, 0.3) is 5.91 Å². The highest BCUT2D eigenvalue weighted by molar-refractivity contribution is 9.10. The normalized spacial score (nSPS) is 28.9. The number of carbonyl (C=O) groups excluding carboxylic acids is 1. The van der Waals surface area contributed by atoms with E-state index < -0.39 is 17.8 Å². The Hall–Kier alpha value is -2.17. The SMILES string of the molecule is O=C(c1nn2c(C(F)(F)F)cc(-c3ccc(Br)cc3)nc2c1Cl)N1CCN(C23CC4CC(CC(C4)C2)C3)CC1. The van der Waals surface area contributed by atoms with Gasteiger partial charge in [0.05, 0.1) is 5.69 Å². The molecule has 3 aromatic rings. The zero-order valence-corrected chi connectivity index (χ0v) is 23.6. The molecule has 4 aliphatic carbocycles. The summed E-state index contributed by atoms with van der Waals surface area (Å²) in [7, 11) is 0. The largest absolute Gasteiger partial charge is 0.433 e. The van der Waals surface area contributed by atoms with Gasteiger partial charge >= 0.3 is 6.18 Å². The van der Waals surface area contributed by atoms with Crippen LogP contribution in [0.1, 0.15) is 54.7 Å². The summed E-state index contributed by atoms with van der Waals surface area (Å²) in [6.45, 7) is 2.55. The predicted octanol–water partition coefficient (Wildman–Crippen LogP) is 6.56. The Labute approximate surface area is 237 Å². The highest BCUT2D eigenvalue weighted by Crippen LogP contribution is 2.57. The summed E-state index contributed by atoms with van der Waals surface area (Å²) in [5.74, 6) is 2.06. The summed E-state index contributed by atoms with van der Waals surface area (Å²) in [5.41, 5.74) is -0.534. The fourth-order valence-electron chi connectivity index (χ4n) is 8.08. The maximum absolute atomic E-state index is 14.1. The molecule has 8 rings (SSSR count). The van der Waals surface area contributed by atoms with E-state index in [-0.39, 0.29) is 27.6 Å². The van der Waals surface area contributed by atoms with E-state index in [1.165, 1.54) is 38.5 Å². The Morgan fingerprint density at radius 3 is 2.13 bits per heavy atom. The first-order valence-electron chi connectivity index (χ1n) is 13.6. The van der Waals surface area contributed by atoms with E-state index in [4.69, 9.17) is 11.6 Å². The van der Waals surface area contributed by atoms with Crippen LogP contribution in [-0.4, -0.2) is 62.0 Å². The van der Waals surface area contributed by atoms with Crippen molar-refractivity contribution in [2.45, 2.75) is 50.2 Å². The fraction of sp³-hybridized carbons (Fsp3) is 0.536. The van der Waals surface area contributed by atoms with Gasteiger partial charge in [-0.05, 0) is 74.5 Å². The van der Waals surface area contributed by atoms with E-state index in [0.717, 1.165) is 41.4 Å². The molecule has 6 nitrogen and oxygen atoms in total. The van der Waals surface area contributed by atoms with Crippen LogP contribution in [0.4, 0.5) is 13.2 Å². The lowest BCUT2D eigenvalue weighted by Gasteiger charge is -2.61. The number of carbonyl (C=O) groups is 1. The second-order valence-electron chi connectivity index (χ2n) is 11.9. The molecule has 0 spiro atoms. The minimum atomic E-state index is -4.72. The summed E-state index contributed by atoms with van der Waals surface area (Å²) in [4.78, 5) is 22.2. The molecule has 0 N–H and O–H groups in total. The quantitative estimate of drug-likeness (QED) is 0.332. The highest BCUT2D eigenvalue weighted by Gasteiger charge is 2.53. The average Bonchev–Trinajstić information content (AvgIpc) is 3.23. The molecule has 1 amide bonds. The molecule has 5 aliphatic rings. The second-order valence-corrected chi connectivity index (χ2v) is 13.1. The number of aromatic nitrogens is 3. The molecule has 1 saturated heterocycles. The summed E-state index contributed by atoms with van der Waals surface area (Å²) in [6.07, 6.45) is 3.20. The summed E-state index contributed by atoms with van der Waals surface area (Å²) < 4.78 is 43.7. The van der Waals surface area contributed by atoms with Gasteiger partial charge in [-0.1, -0.05) is 39.7 Å². The standard InChI is InChI=1S/C28H28BrClF3N5O/c29-20-3-1-19(2-4-20)21-12-22(28(31,32)33)38-25(34-21)23(30)24(35-38)26(39)36-5-7-37(8-6-36)27-13-16-9-17(14-27)11-18(10-16)15-27/h1-4,12,16-18H,5-11,13-15H2. The van der Waals surface area contributed by atoms with Crippen molar-refractivity contribution in [3.05, 3.63) is 51.2 Å². The molecule has 0 atom stereocenters. The van der Waals surface area contributed by atoms with Gasteiger partial charge in [0.1, 0.15) is 5.02 Å². The summed E-state index contributed by atoms with van der Waals surface area (Å²) in [5, 5.41) is 3.91. The zero-order valence-electron chi connectivity index (χ0n) is 21.2. The Balaban J connectivity index is 1.16. The molecule has 4 saturated carbocycles. The molecule has 2 aromatic heterocycles. The molecular formula is C28H28BrClF3N5O. The minimum Gasteiger partial charge on any atom is -0.335 e. The maximum atomic E-state index is 14.1. The van der Waals surface area contributed by atoms with Crippen molar-refractivity contribution in [3.8, 4) is 11.3 Å². The Morgan fingerprint density at radius 2 is 1.56 bits per heavy atom. The van der Waals surface area contributed by atoms with Crippen molar-refractivity contribution in [1.29, 1.82) is 0 Å². The van der Waals surface area contributed by atoms with Crippen LogP contribution in [0.15, 0.2) is 34.8 Å². The third-order valence-electron chi connectivity index (χ3n) is 9.41. The van der Waals surface area contributed by atoms with Crippen LogP contribution in [-0.2, 0) is 6.18 Å². The lowest BCUT2D eigenvalue weighted by atomic mass is 9.52. The fourth-order valence-corrected chi connectivity index (χ4v) is 8.59. The van der Waals surface area contributed by atoms with Gasteiger partial charge < -0.3 is 4.90 Å². The van der Waals surface area contributed by atoms with Crippen molar-refractivity contribution in [1.82, 2.24) is 24.4 Å². The van der Waals surface area contributed by atoms with Crippen molar-refractivity contribution in [2.24, 2.45) is 17.8 Å². The number of fused-ring (bicyclic) bond motifs is 1. The molecule has 11 heteroatoms. The van der Waals surface area contributed by atoms with Crippen LogP contribution in [0.3, 0.4) is 0 Å². The number of hydrogen-bond donors (Lipinski definition) is 0. The first kappa shape index (κ1) is 25.8. The first-order chi connectivity index (χ1) is 18.6. The predicted molar refractivity (Wildman–Crippen MR) is 145 cm³/mol. The van der Waals surface area contributed by atoms with Crippen LogP contribution in [0.5, 0.6) is 0 Å². The molecule has 3 heterocycles. The van der Waals surface area contributed by atoms with Gasteiger partial charge in [-0.25, -0.2) is 9.50 Å². The molecule has 0 unspecified atom stereocenters. The van der Waals surface area contributed by atoms with Crippen LogP contribution >= 0.6 is 27.5 Å². The third-order valence-corrected chi connectivity index (χ3v) is 10.3. The van der Waals surface area contributed by atoms with E-state index >= 15 is 0 Å². The maximum Gasteiger partial charge on any atom is 0.433 e. The van der Waals surface area contributed by atoms with Gasteiger partial charge in [-0.2, -0.15) is 18.3 Å². The number of piperazine rings is 1. The topological polar surface area (TPSA) is 53.7 Å². The number of hydrogen-bond acceptors (Lipinski definition) is 4. The first-order valence-corrected chi connectivity index (χ1v) is 14.7. The van der Waals surface area contributed by atoms with Crippen molar-refractivity contribution in [2.75, 3.05) is 26.2 Å². The number of rotatable bonds is 3. The molecule has 1 aromatic carbocycles. The van der Waals surface area contributed by atoms with Gasteiger partial charge in [0.2, 0.25) is 0 Å². The van der Waals surface area contributed by atoms with Crippen molar-refractivity contribution in [3.63, 3.8) is 0 Å². The smallest absolute Gasteiger partial charge is 0.335 e. The van der Waals surface area contributed by atoms with Crippen LogP contribution < -0.4 is 0 Å². The molecule has 5 fully saturated rings. The number of halogens is 5. The van der Waals surface area contributed by atoms with Gasteiger partial charge in [0.15, 0.2) is 17.0 Å². The van der Waals surface area contributed by atoms with E-state index in [2.05, 4.69) is 30.9 Å². The lowest BCUT2D eigenvalue weighted by molar-refractivity contribution is -0.142. The number of nitrogens with zero attached hydrogens (tertiary/aromatic N) is 5. The molecule has 4 bridgehead atoms. The average molecular weight is 623 g/mol. The zero-order chi connectivity index (χ0) is 27.1. The van der Waals surface area contributed by atoms with Crippen LogP contribution in [0, 0.1) is 17.8 Å². The monoisotopic (exact) mass is 621 g/mol. The second kappa shape index (κ2) is 9.17. The Morgan fingerprint density at radius 1 is 0.974 bits per heavy atom. The van der Waals surface area contributed by atoms with Crippen molar-refractivity contribution >= 4 is 39.1 Å². The van der Waals surface area contributed by atoms with E-state index in [1.807, 2.05) is 0 Å². The van der Waals surface area contributed by atoms with Gasteiger partial charge in [-0.15, -0.1) is 0 Å². The molecule has 39 heavy (non-hydrogen) atoms. The van der Waals surface area contributed by atoms with Crippen LogP contribution in [0.2, 0.25) is 5.02 Å². The van der Waals surface area contributed by atoms with Crippen LogP contribution in [0.25, 0.3) is 16.9 Å². The summed E-state index contributed by atoms with van der Waals surface area (Å²) in [6, 6.07) is 7.73. The Bertz CT molecular complexity index is 1410. The minimum absolute atomic E-state index is 0.104. The molecule has 206 valence electrons. The van der Waals surface area contributed by atoms with Crippen molar-refractivity contribution < 1.29 is 18.0 Å². The Kier molecular flexibility index (Phi) is 6.06. The molecule has 0 radical (unpaired) electrons. The molecular weight excluding hydrogens is 595 g/mol. The van der Waals surface area contributed by atoms with Gasteiger partial charge in [-0.3, -0.25) is 9.69 Å². The number of benzene rings is 1. The van der Waals surface area contributed by atoms with E-state index in [9.17, 15) is 18.0 Å². The number of alkyl halides is 3. The third kappa shape index (κ3) is 4.37. The lowest BCUT2D eigenvalue weighted by Crippen LogP contribution is -2.64. The van der Waals surface area contributed by atoms with E-state index in [0.29, 0.717) is 23.2 Å². The van der Waals surface area contributed by atoms with Gasteiger partial charge in [0, 0.05) is 41.8 Å². The molecule has 1 aliphatic heterocycles. The number of amides is 1. The highest BCUT2D eigenvalue weighted by atomic mass is 79.9.